The molecule has 3 amide bonds. The summed E-state index contributed by atoms with van der Waals surface area (Å²) in [6.45, 7) is 4.11. The summed E-state index contributed by atoms with van der Waals surface area (Å²) in [5, 5.41) is 27.8. The van der Waals surface area contributed by atoms with Gasteiger partial charge in [0.1, 0.15) is 23.9 Å². The lowest BCUT2D eigenvalue weighted by Crippen LogP contribution is -2.57. The minimum Gasteiger partial charge on any atom is -0.508 e. The van der Waals surface area contributed by atoms with Crippen LogP contribution in [0.5, 0.6) is 5.75 Å². The van der Waals surface area contributed by atoms with E-state index < -0.39 is 47.9 Å². The van der Waals surface area contributed by atoms with Crippen LogP contribution in [0, 0.1) is 13.8 Å². The van der Waals surface area contributed by atoms with E-state index in [2.05, 4.69) is 20.9 Å². The topological polar surface area (TPSA) is 261 Å². The van der Waals surface area contributed by atoms with Gasteiger partial charge in [0.05, 0.1) is 6.04 Å². The van der Waals surface area contributed by atoms with Crippen LogP contribution in [-0.4, -0.2) is 77.1 Å². The van der Waals surface area contributed by atoms with Gasteiger partial charge in [-0.1, -0.05) is 36.8 Å². The van der Waals surface area contributed by atoms with Gasteiger partial charge < -0.3 is 49.1 Å². The SMILES string of the molecule is Cc1cc(O)cc(C)c1C[C@H](NC(=O)[C@@H](CCCN=C(N)N)NC(=O)[C@H](Cc1ccccc1)NC(=O)[C@@H](N)CCCCN)C(=O)O. The molecule has 0 bridgehead atoms. The van der Waals surface area contributed by atoms with Gasteiger partial charge in [-0.15, -0.1) is 0 Å². The second-order valence-corrected chi connectivity index (χ2v) is 11.3. The summed E-state index contributed by atoms with van der Waals surface area (Å²) in [7, 11) is 0. The first-order valence-electron chi connectivity index (χ1n) is 15.3. The van der Waals surface area contributed by atoms with E-state index in [0.717, 1.165) is 5.56 Å². The van der Waals surface area contributed by atoms with Crippen LogP contribution in [0.1, 0.15) is 54.4 Å². The van der Waals surface area contributed by atoms with Crippen LogP contribution < -0.4 is 38.9 Å². The summed E-state index contributed by atoms with van der Waals surface area (Å²) in [4.78, 5) is 56.4. The van der Waals surface area contributed by atoms with Crippen LogP contribution in [0.4, 0.5) is 0 Å². The Kier molecular flexibility index (Phi) is 15.5. The summed E-state index contributed by atoms with van der Waals surface area (Å²) in [5.41, 5.74) is 25.2. The maximum absolute atomic E-state index is 13.7. The van der Waals surface area contributed by atoms with Crippen LogP contribution in [0.3, 0.4) is 0 Å². The number of rotatable bonds is 19. The molecule has 0 unspecified atom stereocenters. The largest absolute Gasteiger partial charge is 0.508 e. The van der Waals surface area contributed by atoms with E-state index in [0.29, 0.717) is 42.5 Å². The molecule has 46 heavy (non-hydrogen) atoms. The van der Waals surface area contributed by atoms with Gasteiger partial charge in [0.2, 0.25) is 17.7 Å². The lowest BCUT2D eigenvalue weighted by atomic mass is 9.95. The third-order valence-electron chi connectivity index (χ3n) is 7.50. The van der Waals surface area contributed by atoms with E-state index in [1.54, 1.807) is 38.1 Å². The third kappa shape index (κ3) is 12.7. The Bertz CT molecular complexity index is 1330. The van der Waals surface area contributed by atoms with Gasteiger partial charge in [-0.3, -0.25) is 19.4 Å². The number of aryl methyl sites for hydroxylation is 2. The number of aliphatic carboxylic acids is 1. The zero-order valence-electron chi connectivity index (χ0n) is 26.5. The molecule has 14 heteroatoms. The molecule has 0 saturated heterocycles. The van der Waals surface area contributed by atoms with Gasteiger partial charge in [-0.25, -0.2) is 4.79 Å². The predicted molar refractivity (Wildman–Crippen MR) is 176 cm³/mol. The lowest BCUT2D eigenvalue weighted by Gasteiger charge is -2.26. The fourth-order valence-electron chi connectivity index (χ4n) is 4.99. The highest BCUT2D eigenvalue weighted by molar-refractivity contribution is 5.94. The smallest absolute Gasteiger partial charge is 0.326 e. The van der Waals surface area contributed by atoms with E-state index in [4.69, 9.17) is 22.9 Å². The molecule has 13 N–H and O–H groups in total. The lowest BCUT2D eigenvalue weighted by molar-refractivity contribution is -0.142. The Morgan fingerprint density at radius 3 is 1.98 bits per heavy atom. The van der Waals surface area contributed by atoms with E-state index >= 15 is 0 Å². The van der Waals surface area contributed by atoms with E-state index in [-0.39, 0.29) is 43.9 Å². The molecule has 0 fully saturated rings. The highest BCUT2D eigenvalue weighted by Gasteiger charge is 2.31. The first-order valence-corrected chi connectivity index (χ1v) is 15.3. The maximum Gasteiger partial charge on any atom is 0.326 e. The van der Waals surface area contributed by atoms with Gasteiger partial charge >= 0.3 is 5.97 Å². The van der Waals surface area contributed by atoms with Crippen molar-refractivity contribution in [2.45, 2.75) is 83.0 Å². The molecule has 2 rings (SSSR count). The number of amides is 3. The molecule has 0 spiro atoms. The number of benzene rings is 2. The molecular weight excluding hydrogens is 592 g/mol. The average molecular weight is 641 g/mol. The number of phenols is 1. The molecule has 0 aliphatic carbocycles. The van der Waals surface area contributed by atoms with Crippen molar-refractivity contribution in [2.24, 2.45) is 27.9 Å². The number of aliphatic imine (C=N–C) groups is 1. The normalized spacial score (nSPS) is 13.5. The van der Waals surface area contributed by atoms with Crippen molar-refractivity contribution in [1.82, 2.24) is 16.0 Å². The predicted octanol–water partition coefficient (Wildman–Crippen LogP) is -0.157. The number of nitrogens with zero attached hydrogens (tertiary/aromatic N) is 1. The number of unbranched alkanes of at least 4 members (excludes halogenated alkanes) is 1. The number of carbonyl (C=O) groups excluding carboxylic acids is 3. The summed E-state index contributed by atoms with van der Waals surface area (Å²) in [6.07, 6.45) is 2.15. The minimum absolute atomic E-state index is 0.0480. The van der Waals surface area contributed by atoms with Gasteiger partial charge in [0, 0.05) is 19.4 Å². The number of nitrogens with two attached hydrogens (primary N) is 4. The molecule has 252 valence electrons. The molecule has 2 aromatic carbocycles. The number of carbonyl (C=O) groups is 4. The zero-order valence-corrected chi connectivity index (χ0v) is 26.5. The highest BCUT2D eigenvalue weighted by Crippen LogP contribution is 2.22. The quantitative estimate of drug-likeness (QED) is 0.0557. The molecule has 2 aromatic rings. The van der Waals surface area contributed by atoms with Crippen molar-refractivity contribution in [3.8, 4) is 5.75 Å². The first kappa shape index (κ1) is 37.5. The Morgan fingerprint density at radius 2 is 1.39 bits per heavy atom. The van der Waals surface area contributed by atoms with Gasteiger partial charge in [0.15, 0.2) is 5.96 Å². The van der Waals surface area contributed by atoms with E-state index in [1.165, 1.54) is 12.1 Å². The molecule has 4 atom stereocenters. The number of nitrogens with one attached hydrogen (secondary N) is 3. The summed E-state index contributed by atoms with van der Waals surface area (Å²) < 4.78 is 0. The van der Waals surface area contributed by atoms with E-state index in [9.17, 15) is 29.4 Å². The average Bonchev–Trinajstić information content (AvgIpc) is 2.99. The van der Waals surface area contributed by atoms with Crippen LogP contribution in [-0.2, 0) is 32.0 Å². The van der Waals surface area contributed by atoms with Crippen molar-refractivity contribution in [3.63, 3.8) is 0 Å². The number of carboxylic acids is 1. The number of aromatic hydroxyl groups is 1. The Balaban J connectivity index is 2.30. The molecule has 0 aliphatic rings. The minimum atomic E-state index is -1.34. The van der Waals surface area contributed by atoms with Crippen molar-refractivity contribution < 1.29 is 29.4 Å². The summed E-state index contributed by atoms with van der Waals surface area (Å²) in [6, 6.07) is 7.60. The van der Waals surface area contributed by atoms with Gasteiger partial charge in [0.25, 0.3) is 0 Å². The fourth-order valence-corrected chi connectivity index (χ4v) is 4.99. The molecule has 0 aliphatic heterocycles. The van der Waals surface area contributed by atoms with Crippen LogP contribution >= 0.6 is 0 Å². The Labute approximate surface area is 269 Å². The molecule has 14 nitrogen and oxygen atoms in total. The number of phenolic OH excluding ortho intramolecular Hbond substituents is 1. The van der Waals surface area contributed by atoms with Crippen molar-refractivity contribution in [2.75, 3.05) is 13.1 Å². The monoisotopic (exact) mass is 640 g/mol. The molecule has 0 heterocycles. The van der Waals surface area contributed by atoms with Crippen molar-refractivity contribution in [3.05, 3.63) is 64.7 Å². The standard InChI is InChI=1S/C32H48N8O6/c1-19-15-22(41)16-20(2)23(19)18-27(31(45)46)40-29(43)25(12-8-14-37-32(35)36)38-30(44)26(17-21-9-4-3-5-10-21)39-28(42)24(34)11-6-7-13-33/h3-5,9-10,15-16,24-27,41H,6-8,11-14,17-18,33-34H2,1-2H3,(H,38,44)(H,39,42)(H,40,43)(H,45,46)(H4,35,36,37)/t24-,25+,26-,27-/m0/s1. The van der Waals surface area contributed by atoms with Crippen LogP contribution in [0.2, 0.25) is 0 Å². The Morgan fingerprint density at radius 1 is 0.804 bits per heavy atom. The number of hydrogen-bond acceptors (Lipinski definition) is 8. The summed E-state index contributed by atoms with van der Waals surface area (Å²) in [5.74, 6) is -3.26. The molecule has 0 aromatic heterocycles. The molecule has 0 saturated carbocycles. The first-order chi connectivity index (χ1) is 21.8. The maximum atomic E-state index is 13.7. The van der Waals surface area contributed by atoms with E-state index in [1.807, 2.05) is 6.07 Å². The number of guanidine groups is 1. The second-order valence-electron chi connectivity index (χ2n) is 11.3. The number of hydrogen-bond donors (Lipinski definition) is 9. The number of carboxylic acid groups (broad SMARTS) is 1. The second kappa shape index (κ2) is 19.0. The Hall–Kier alpha value is -4.69. The van der Waals surface area contributed by atoms with Gasteiger partial charge in [-0.2, -0.15) is 0 Å². The zero-order chi connectivity index (χ0) is 34.2. The fraction of sp³-hybridized carbons (Fsp3) is 0.469. The van der Waals surface area contributed by atoms with Crippen molar-refractivity contribution in [1.29, 1.82) is 0 Å². The molecule has 0 radical (unpaired) electrons. The molecular formula is C32H48N8O6. The highest BCUT2D eigenvalue weighted by atomic mass is 16.4. The van der Waals surface area contributed by atoms with Crippen molar-refractivity contribution >= 4 is 29.7 Å². The van der Waals surface area contributed by atoms with Crippen LogP contribution in [0.15, 0.2) is 47.5 Å². The summed E-state index contributed by atoms with van der Waals surface area (Å²) >= 11 is 0. The van der Waals surface area contributed by atoms with Gasteiger partial charge in [-0.05, 0) is 80.5 Å². The van der Waals surface area contributed by atoms with Crippen LogP contribution in [0.25, 0.3) is 0 Å². The third-order valence-corrected chi connectivity index (χ3v) is 7.50.